The highest BCUT2D eigenvalue weighted by Crippen LogP contribution is 2.23. The maximum absolute atomic E-state index is 11.9. The molecule has 580 valence electrons. The summed E-state index contributed by atoms with van der Waals surface area (Å²) >= 11 is 0. The maximum Gasteiger partial charge on any atom is 0.220 e. The van der Waals surface area contributed by atoms with Crippen molar-refractivity contribution >= 4 is 29.5 Å². The minimum Gasteiger partial charge on any atom is -0.393 e. The van der Waals surface area contributed by atoms with E-state index in [0.29, 0.717) is 44.2 Å². The lowest BCUT2D eigenvalue weighted by atomic mass is 9.92. The molecule has 5 aromatic rings. The van der Waals surface area contributed by atoms with E-state index in [1.54, 1.807) is 18.7 Å². The Hall–Kier alpha value is -7.10. The molecule has 20 nitrogen and oxygen atoms in total. The quantitative estimate of drug-likeness (QED) is 0.0169. The van der Waals surface area contributed by atoms with Crippen LogP contribution >= 0.6 is 0 Å². The van der Waals surface area contributed by atoms with Gasteiger partial charge < -0.3 is 52.7 Å². The van der Waals surface area contributed by atoms with Gasteiger partial charge in [-0.3, -0.25) is 38.9 Å². The second kappa shape index (κ2) is 54.5. The number of unbranched alkanes of at least 4 members (excludes halogenated alkanes) is 10. The van der Waals surface area contributed by atoms with Crippen molar-refractivity contribution in [2.75, 3.05) is 0 Å². The van der Waals surface area contributed by atoms with Crippen LogP contribution in [0.5, 0.6) is 0 Å². The van der Waals surface area contributed by atoms with Gasteiger partial charge in [0.1, 0.15) is 6.33 Å². The SMILES string of the molecule is NC1CCC(NC(=O)CCCCCc2ccccc2)CC1.O=C(CCCCCc1ccccn1)NC1CCC(O)CC1.O=C(CCCCCc1cccnc1)NC1CCC(O)CC1.O=C(CCCCCc1ccncc1)NC1CCC(O)CC1.O=C(CCCCCc1ccncn1)NC1CCC(O)CC1. The van der Waals surface area contributed by atoms with E-state index in [2.05, 4.69) is 81.8 Å². The van der Waals surface area contributed by atoms with Crippen LogP contribution in [0.25, 0.3) is 0 Å². The number of amides is 5. The number of hydrogen-bond acceptors (Lipinski definition) is 15. The first-order chi connectivity index (χ1) is 51.2. The molecule has 5 aliphatic rings. The fourth-order valence-electron chi connectivity index (χ4n) is 14.3. The van der Waals surface area contributed by atoms with E-state index in [4.69, 9.17) is 5.73 Å². The highest BCUT2D eigenvalue weighted by molar-refractivity contribution is 5.77. The van der Waals surface area contributed by atoms with Crippen molar-refractivity contribution in [3.63, 3.8) is 0 Å². The van der Waals surface area contributed by atoms with Gasteiger partial charge in [0.25, 0.3) is 0 Å². The van der Waals surface area contributed by atoms with E-state index in [-0.39, 0.29) is 78.1 Å². The highest BCUT2D eigenvalue weighted by Gasteiger charge is 2.25. The molecule has 0 aliphatic heterocycles. The van der Waals surface area contributed by atoms with Gasteiger partial charge in [0.05, 0.1) is 24.4 Å². The standard InChI is InChI=1S/C18H28N2O.3C17H26N2O2.C16H25N3O2/c19-16-11-13-17(14-12-16)20-18(21)10-6-2-5-9-15-7-3-1-4-8-15;20-16-11-9-15(10-12-16)19-17(21)8-3-1-2-6-14-7-4-5-13-18-14;20-16-10-8-15(9-11-16)19-17(21)7-3-1-2-5-14-6-4-12-18-13-14;20-16-8-6-15(7-9-16)19-17(21)5-3-1-2-4-14-10-12-18-13-11-14;20-15-8-6-14(7-9-15)19-16(21)5-3-1-2-4-13-10-11-17-12-18-13/h1,3-4,7-8,16-17H,2,5-6,9-14,19H2,(H,20,21);4-5,7,13,15-16,20H,1-3,6,8-12H2,(H,19,21);4,6,12-13,15-16,20H,1-3,5,7-11H2,(H,19,21);10-13,15-16,20H,1-9H2,(H,19,21);10-12,14-15,20H,1-9H2,(H,19,21). The second-order valence-electron chi connectivity index (χ2n) is 30.0. The number of hydrogen-bond donors (Lipinski definition) is 10. The van der Waals surface area contributed by atoms with Crippen LogP contribution in [0.1, 0.15) is 285 Å². The molecule has 0 radical (unpaired) electrons. The van der Waals surface area contributed by atoms with Gasteiger partial charge in [-0.25, -0.2) is 9.97 Å². The number of carbonyl (C=O) groups excluding carboxylic acids is 5. The number of pyridine rings is 3. The molecule has 10 rings (SSSR count). The van der Waals surface area contributed by atoms with E-state index in [1.165, 1.54) is 16.7 Å². The minimum atomic E-state index is -0.167. The molecule has 1 aromatic carbocycles. The normalized spacial score (nSPS) is 22.0. The van der Waals surface area contributed by atoms with Crippen molar-refractivity contribution in [1.82, 2.24) is 51.5 Å². The van der Waals surface area contributed by atoms with E-state index >= 15 is 0 Å². The Bertz CT molecular complexity index is 2540. The average Bonchev–Trinajstić information content (AvgIpc) is 1.06. The van der Waals surface area contributed by atoms with Crippen LogP contribution in [0.15, 0.2) is 122 Å². The predicted octanol–water partition coefficient (Wildman–Crippen LogP) is 13.0. The average molecular weight is 1450 g/mol. The first-order valence-electron chi connectivity index (χ1n) is 40.6. The zero-order valence-corrected chi connectivity index (χ0v) is 63.3. The first kappa shape index (κ1) is 86.8. The van der Waals surface area contributed by atoms with Crippen LogP contribution in [0.4, 0.5) is 0 Å². The maximum atomic E-state index is 11.9. The molecular weight excluding hydrogens is 1320 g/mol. The number of carbonyl (C=O) groups is 5. The van der Waals surface area contributed by atoms with Gasteiger partial charge in [0.2, 0.25) is 29.5 Å². The van der Waals surface area contributed by atoms with Gasteiger partial charge in [0.15, 0.2) is 0 Å². The fraction of sp³-hybridized carbons (Fsp3) is 0.647. The third kappa shape index (κ3) is 42.7. The van der Waals surface area contributed by atoms with Crippen molar-refractivity contribution in [2.24, 2.45) is 5.73 Å². The van der Waals surface area contributed by atoms with Gasteiger partial charge >= 0.3 is 0 Å². The molecule has 0 atom stereocenters. The van der Waals surface area contributed by atoms with Crippen LogP contribution in [0, 0.1) is 0 Å². The molecule has 5 fully saturated rings. The van der Waals surface area contributed by atoms with Gasteiger partial charge in [-0.1, -0.05) is 74.6 Å². The van der Waals surface area contributed by atoms with Gasteiger partial charge in [-0.15, -0.1) is 0 Å². The molecule has 105 heavy (non-hydrogen) atoms. The molecule has 0 unspecified atom stereocenters. The van der Waals surface area contributed by atoms with Crippen LogP contribution < -0.4 is 32.3 Å². The number of aliphatic hydroxyl groups excluding tert-OH is 4. The summed E-state index contributed by atoms with van der Waals surface area (Å²) in [6.45, 7) is 0. The molecule has 4 aromatic heterocycles. The molecular formula is C85H131N11O9. The van der Waals surface area contributed by atoms with Crippen molar-refractivity contribution in [3.8, 4) is 0 Å². The van der Waals surface area contributed by atoms with E-state index in [1.807, 2.05) is 73.3 Å². The molecule has 5 saturated carbocycles. The molecule has 0 spiro atoms. The van der Waals surface area contributed by atoms with Crippen molar-refractivity contribution < 1.29 is 44.4 Å². The number of benzene rings is 1. The molecule has 5 aliphatic carbocycles. The first-order valence-corrected chi connectivity index (χ1v) is 40.6. The summed E-state index contributed by atoms with van der Waals surface area (Å²) in [5.74, 6) is 0.862. The Balaban J connectivity index is 0.000000206. The Morgan fingerprint density at radius 3 is 0.990 bits per heavy atom. The van der Waals surface area contributed by atoms with Crippen LogP contribution in [0.3, 0.4) is 0 Å². The summed E-state index contributed by atoms with van der Waals surface area (Å²) in [5, 5.41) is 53.2. The third-order valence-corrected chi connectivity index (χ3v) is 20.8. The third-order valence-electron chi connectivity index (χ3n) is 20.8. The largest absolute Gasteiger partial charge is 0.393 e. The van der Waals surface area contributed by atoms with E-state index in [9.17, 15) is 44.4 Å². The summed E-state index contributed by atoms with van der Waals surface area (Å²) in [7, 11) is 0. The molecule has 4 heterocycles. The van der Waals surface area contributed by atoms with E-state index in [0.717, 1.165) is 268 Å². The minimum absolute atomic E-state index is 0.151. The number of aliphatic hydroxyl groups is 4. The van der Waals surface area contributed by atoms with Crippen LogP contribution in [-0.4, -0.2) is 136 Å². The summed E-state index contributed by atoms with van der Waals surface area (Å²) in [6, 6.07) is 28.4. The Kier molecular flexibility index (Phi) is 45.0. The van der Waals surface area contributed by atoms with Gasteiger partial charge in [0, 0.05) is 117 Å². The number of nitrogens with zero attached hydrogens (tertiary/aromatic N) is 5. The number of aryl methyl sites for hydroxylation is 5. The Morgan fingerprint density at radius 2 is 0.638 bits per heavy atom. The Labute approximate surface area is 628 Å². The Morgan fingerprint density at radius 1 is 0.305 bits per heavy atom. The summed E-state index contributed by atoms with van der Waals surface area (Å²) in [6.07, 6.45) is 53.7. The predicted molar refractivity (Wildman–Crippen MR) is 416 cm³/mol. The zero-order valence-electron chi connectivity index (χ0n) is 63.3. The van der Waals surface area contributed by atoms with Crippen LogP contribution in [-0.2, 0) is 56.1 Å². The topological polar surface area (TPSA) is 317 Å². The molecule has 11 N–H and O–H groups in total. The molecule has 20 heteroatoms. The van der Waals surface area contributed by atoms with E-state index < -0.39 is 0 Å². The molecule has 0 bridgehead atoms. The molecule has 5 amide bonds. The summed E-state index contributed by atoms with van der Waals surface area (Å²) < 4.78 is 0. The number of rotatable bonds is 35. The smallest absolute Gasteiger partial charge is 0.220 e. The number of nitrogens with two attached hydrogens (primary N) is 1. The fourth-order valence-corrected chi connectivity index (χ4v) is 14.3. The lowest BCUT2D eigenvalue weighted by Crippen LogP contribution is -2.40. The zero-order chi connectivity index (χ0) is 74.6. The lowest BCUT2D eigenvalue weighted by Gasteiger charge is -2.26. The second-order valence-corrected chi connectivity index (χ2v) is 30.0. The summed E-state index contributed by atoms with van der Waals surface area (Å²) in [4.78, 5) is 79.7. The molecule has 0 saturated heterocycles. The van der Waals surface area contributed by atoms with Gasteiger partial charge in [-0.05, 0) is 278 Å². The van der Waals surface area contributed by atoms with Crippen molar-refractivity contribution in [2.45, 2.75) is 350 Å². The number of aromatic nitrogens is 5. The monoisotopic (exact) mass is 1450 g/mol. The van der Waals surface area contributed by atoms with Crippen molar-refractivity contribution in [3.05, 3.63) is 150 Å². The van der Waals surface area contributed by atoms with Crippen molar-refractivity contribution in [1.29, 1.82) is 0 Å². The highest BCUT2D eigenvalue weighted by atomic mass is 16.3. The lowest BCUT2D eigenvalue weighted by molar-refractivity contribution is -0.123. The van der Waals surface area contributed by atoms with Crippen LogP contribution in [0.2, 0.25) is 0 Å². The number of nitrogens with one attached hydrogen (secondary N) is 5. The van der Waals surface area contributed by atoms with Gasteiger partial charge in [-0.2, -0.15) is 0 Å². The summed E-state index contributed by atoms with van der Waals surface area (Å²) in [5.41, 5.74) is 12.0.